The van der Waals surface area contributed by atoms with Crippen LogP contribution in [0.2, 0.25) is 0 Å². The predicted molar refractivity (Wildman–Crippen MR) is 121 cm³/mol. The minimum absolute atomic E-state index is 0.0483. The van der Waals surface area contributed by atoms with Crippen molar-refractivity contribution in [2.75, 3.05) is 6.61 Å². The van der Waals surface area contributed by atoms with Gasteiger partial charge in [-0.2, -0.15) is 0 Å². The molecular weight excluding hydrogens is 388 g/mol. The molecule has 0 spiro atoms. The van der Waals surface area contributed by atoms with Crippen LogP contribution in [0.5, 0.6) is 0 Å². The van der Waals surface area contributed by atoms with E-state index in [-0.39, 0.29) is 41.7 Å². The third-order valence-electron chi connectivity index (χ3n) is 10.8. The molecule has 4 saturated carbocycles. The zero-order valence-corrected chi connectivity index (χ0v) is 20.1. The van der Waals surface area contributed by atoms with Gasteiger partial charge in [0.1, 0.15) is 11.6 Å². The molecular formula is C27H44O4. The van der Waals surface area contributed by atoms with E-state index in [2.05, 4.69) is 13.8 Å². The fourth-order valence-electron chi connectivity index (χ4n) is 8.81. The SMILES string of the molecule is CC(CO)CCC(=O)[C@@H](C)[C@H]1C(=O)C[C@H]2[C@@H]3CCC4CC(O)CC[C@]4(C)[C@H]3CC[C@]12C. The number of carbonyl (C=O) groups excluding carboxylic acids is 2. The Morgan fingerprint density at radius 2 is 1.77 bits per heavy atom. The van der Waals surface area contributed by atoms with Crippen molar-refractivity contribution in [2.24, 2.45) is 52.3 Å². The maximum atomic E-state index is 13.3. The number of Topliss-reactive ketones (excluding diaryl/α,β-unsaturated/α-hetero) is 2. The maximum absolute atomic E-state index is 13.3. The highest BCUT2D eigenvalue weighted by Gasteiger charge is 2.63. The molecule has 10 atom stereocenters. The van der Waals surface area contributed by atoms with Gasteiger partial charge in [0.2, 0.25) is 0 Å². The van der Waals surface area contributed by atoms with E-state index in [0.29, 0.717) is 54.1 Å². The van der Waals surface area contributed by atoms with E-state index in [0.717, 1.165) is 25.7 Å². The monoisotopic (exact) mass is 432 g/mol. The van der Waals surface area contributed by atoms with Crippen molar-refractivity contribution in [3.8, 4) is 0 Å². The molecule has 0 bridgehead atoms. The van der Waals surface area contributed by atoms with Crippen molar-refractivity contribution in [3.05, 3.63) is 0 Å². The number of ketones is 2. The minimum Gasteiger partial charge on any atom is -0.396 e. The Hall–Kier alpha value is -0.740. The molecule has 3 unspecified atom stereocenters. The summed E-state index contributed by atoms with van der Waals surface area (Å²) in [6.07, 6.45) is 9.34. The first-order valence-electron chi connectivity index (χ1n) is 13.0. The van der Waals surface area contributed by atoms with Crippen molar-refractivity contribution in [1.29, 1.82) is 0 Å². The summed E-state index contributed by atoms with van der Waals surface area (Å²) in [5, 5.41) is 19.5. The van der Waals surface area contributed by atoms with Gasteiger partial charge in [0.25, 0.3) is 0 Å². The summed E-state index contributed by atoms with van der Waals surface area (Å²) in [6.45, 7) is 8.88. The van der Waals surface area contributed by atoms with Crippen LogP contribution in [-0.4, -0.2) is 34.5 Å². The van der Waals surface area contributed by atoms with Crippen molar-refractivity contribution in [2.45, 2.75) is 98.0 Å². The molecule has 0 saturated heterocycles. The van der Waals surface area contributed by atoms with Gasteiger partial charge in [-0.15, -0.1) is 0 Å². The normalized spacial score (nSPS) is 46.6. The summed E-state index contributed by atoms with van der Waals surface area (Å²) in [5.74, 6) is 2.65. The zero-order chi connectivity index (χ0) is 22.6. The summed E-state index contributed by atoms with van der Waals surface area (Å²) in [4.78, 5) is 26.3. The van der Waals surface area contributed by atoms with Gasteiger partial charge in [0.05, 0.1) is 6.10 Å². The molecule has 4 aliphatic carbocycles. The number of aliphatic hydroxyl groups is 2. The molecule has 0 radical (unpaired) electrons. The first-order valence-corrected chi connectivity index (χ1v) is 13.0. The van der Waals surface area contributed by atoms with E-state index >= 15 is 0 Å². The van der Waals surface area contributed by atoms with Gasteiger partial charge >= 0.3 is 0 Å². The largest absolute Gasteiger partial charge is 0.396 e. The highest BCUT2D eigenvalue weighted by atomic mass is 16.3. The van der Waals surface area contributed by atoms with E-state index in [1.807, 2.05) is 13.8 Å². The Morgan fingerprint density at radius 3 is 2.48 bits per heavy atom. The molecule has 0 amide bonds. The smallest absolute Gasteiger partial charge is 0.137 e. The highest BCUT2D eigenvalue weighted by Crippen LogP contribution is 2.67. The molecule has 0 aromatic rings. The van der Waals surface area contributed by atoms with Gasteiger partial charge in [0.15, 0.2) is 0 Å². The molecule has 0 aromatic carbocycles. The summed E-state index contributed by atoms with van der Waals surface area (Å²) < 4.78 is 0. The van der Waals surface area contributed by atoms with Gasteiger partial charge in [0, 0.05) is 31.3 Å². The fourth-order valence-corrected chi connectivity index (χ4v) is 8.81. The van der Waals surface area contributed by atoms with Crippen LogP contribution in [0.4, 0.5) is 0 Å². The second-order valence-corrected chi connectivity index (χ2v) is 12.4. The summed E-state index contributed by atoms with van der Waals surface area (Å²) in [6, 6.07) is 0. The molecule has 4 nitrogen and oxygen atoms in total. The highest BCUT2D eigenvalue weighted by molar-refractivity contribution is 5.92. The summed E-state index contributed by atoms with van der Waals surface area (Å²) >= 11 is 0. The maximum Gasteiger partial charge on any atom is 0.137 e. The van der Waals surface area contributed by atoms with E-state index in [4.69, 9.17) is 0 Å². The Kier molecular flexibility index (Phi) is 6.46. The van der Waals surface area contributed by atoms with Crippen molar-refractivity contribution in [1.82, 2.24) is 0 Å². The second-order valence-electron chi connectivity index (χ2n) is 12.4. The van der Waals surface area contributed by atoms with Crippen LogP contribution in [0.3, 0.4) is 0 Å². The Bertz CT molecular complexity index is 703. The second kappa shape index (κ2) is 8.56. The number of carbonyl (C=O) groups is 2. The van der Waals surface area contributed by atoms with Gasteiger partial charge in [-0.05, 0) is 91.8 Å². The lowest BCUT2D eigenvalue weighted by Crippen LogP contribution is -2.54. The van der Waals surface area contributed by atoms with Gasteiger partial charge in [-0.1, -0.05) is 27.7 Å². The third kappa shape index (κ3) is 3.84. The van der Waals surface area contributed by atoms with E-state index in [1.165, 1.54) is 19.3 Å². The van der Waals surface area contributed by atoms with Crippen LogP contribution < -0.4 is 0 Å². The molecule has 0 heterocycles. The molecule has 4 aliphatic rings. The topological polar surface area (TPSA) is 74.6 Å². The third-order valence-corrected chi connectivity index (χ3v) is 10.8. The van der Waals surface area contributed by atoms with Gasteiger partial charge < -0.3 is 10.2 Å². The lowest BCUT2D eigenvalue weighted by Gasteiger charge is -2.61. The van der Waals surface area contributed by atoms with Crippen LogP contribution in [-0.2, 0) is 9.59 Å². The Balaban J connectivity index is 1.52. The molecule has 4 rings (SSSR count). The lowest BCUT2D eigenvalue weighted by molar-refractivity contribution is -0.140. The summed E-state index contributed by atoms with van der Waals surface area (Å²) in [7, 11) is 0. The van der Waals surface area contributed by atoms with Crippen LogP contribution >= 0.6 is 0 Å². The fraction of sp³-hybridized carbons (Fsp3) is 0.926. The summed E-state index contributed by atoms with van der Waals surface area (Å²) in [5.41, 5.74) is 0.264. The molecule has 0 aromatic heterocycles. The van der Waals surface area contributed by atoms with E-state index < -0.39 is 0 Å². The lowest BCUT2D eigenvalue weighted by atomic mass is 9.44. The molecule has 4 heteroatoms. The number of hydrogen-bond acceptors (Lipinski definition) is 4. The van der Waals surface area contributed by atoms with Crippen LogP contribution in [0, 0.1) is 52.3 Å². The average molecular weight is 433 g/mol. The van der Waals surface area contributed by atoms with E-state index in [1.54, 1.807) is 0 Å². The predicted octanol–water partition coefficient (Wildman–Crippen LogP) is 4.80. The number of rotatable bonds is 6. The Morgan fingerprint density at radius 1 is 1.06 bits per heavy atom. The van der Waals surface area contributed by atoms with Crippen LogP contribution in [0.1, 0.15) is 91.9 Å². The van der Waals surface area contributed by atoms with Crippen molar-refractivity contribution >= 4 is 11.6 Å². The van der Waals surface area contributed by atoms with Gasteiger partial charge in [-0.25, -0.2) is 0 Å². The van der Waals surface area contributed by atoms with Crippen LogP contribution in [0.15, 0.2) is 0 Å². The van der Waals surface area contributed by atoms with Crippen molar-refractivity contribution < 1.29 is 19.8 Å². The number of hydrogen-bond donors (Lipinski definition) is 2. The van der Waals surface area contributed by atoms with E-state index in [9.17, 15) is 19.8 Å². The van der Waals surface area contributed by atoms with Gasteiger partial charge in [-0.3, -0.25) is 9.59 Å². The average Bonchev–Trinajstić information content (AvgIpc) is 3.01. The molecule has 2 N–H and O–H groups in total. The quantitative estimate of drug-likeness (QED) is 0.632. The molecule has 0 aliphatic heterocycles. The molecule has 31 heavy (non-hydrogen) atoms. The standard InChI is InChI=1S/C27H44O4/c1-16(15-28)5-8-23(30)17(2)25-24(31)14-22-20-7-6-18-13-19(29)9-11-26(18,3)21(20)10-12-27(22,25)4/h16-22,25,28-29H,5-15H2,1-4H3/t16?,17-,18?,19?,20-,21+,22+,25+,26+,27+/m1/s1. The van der Waals surface area contributed by atoms with Crippen molar-refractivity contribution in [3.63, 3.8) is 0 Å². The van der Waals surface area contributed by atoms with Crippen LogP contribution in [0.25, 0.3) is 0 Å². The minimum atomic E-state index is -0.207. The number of fused-ring (bicyclic) bond motifs is 5. The zero-order valence-electron chi connectivity index (χ0n) is 20.1. The Labute approximate surface area is 188 Å². The first kappa shape index (κ1) is 23.4. The number of aliphatic hydroxyl groups excluding tert-OH is 2. The molecule has 176 valence electrons. The first-order chi connectivity index (χ1) is 14.6. The molecule has 4 fully saturated rings.